The van der Waals surface area contributed by atoms with Crippen LogP contribution in [-0.2, 0) is 6.54 Å². The molecule has 2 atom stereocenters. The Morgan fingerprint density at radius 2 is 1.78 bits per heavy atom. The summed E-state index contributed by atoms with van der Waals surface area (Å²) in [5.74, 6) is -0.166. The molecule has 0 bridgehead atoms. The topological polar surface area (TPSA) is 71.3 Å². The van der Waals surface area contributed by atoms with Crippen LogP contribution in [0.25, 0.3) is 5.69 Å². The first kappa shape index (κ1) is 17.2. The Labute approximate surface area is 154 Å². The van der Waals surface area contributed by atoms with E-state index >= 15 is 0 Å². The molecule has 138 valence electrons. The normalized spacial score (nSPS) is 17.0. The second kappa shape index (κ2) is 6.85. The highest BCUT2D eigenvalue weighted by Gasteiger charge is 2.30. The van der Waals surface area contributed by atoms with E-state index in [9.17, 15) is 14.0 Å². The lowest BCUT2D eigenvalue weighted by molar-refractivity contribution is -0.941. The van der Waals surface area contributed by atoms with Crippen molar-refractivity contribution < 1.29 is 9.29 Å². The fourth-order valence-corrected chi connectivity index (χ4v) is 3.56. The third-order valence-electron chi connectivity index (χ3n) is 5.10. The van der Waals surface area contributed by atoms with E-state index in [1.807, 2.05) is 18.2 Å². The van der Waals surface area contributed by atoms with E-state index in [0.717, 1.165) is 10.5 Å². The first-order valence-corrected chi connectivity index (χ1v) is 8.82. The summed E-state index contributed by atoms with van der Waals surface area (Å²) in [6, 6.07) is 16.2. The van der Waals surface area contributed by atoms with Crippen LogP contribution >= 0.6 is 0 Å². The molecule has 1 aliphatic heterocycles. The number of hydrogen-bond donors (Lipinski definition) is 3. The number of nitrogens with one attached hydrogen (secondary N) is 3. The molecular formula is C20H20FN4O2+. The van der Waals surface area contributed by atoms with Gasteiger partial charge in [0, 0.05) is 5.56 Å². The Morgan fingerprint density at radius 1 is 1.07 bits per heavy atom. The van der Waals surface area contributed by atoms with Gasteiger partial charge in [-0.3, -0.25) is 9.78 Å². The molecule has 2 aromatic carbocycles. The summed E-state index contributed by atoms with van der Waals surface area (Å²) in [6.45, 7) is 3.04. The van der Waals surface area contributed by atoms with Crippen molar-refractivity contribution in [2.45, 2.75) is 19.5 Å². The van der Waals surface area contributed by atoms with Gasteiger partial charge in [-0.2, -0.15) is 0 Å². The lowest BCUT2D eigenvalue weighted by Crippen LogP contribution is -3.12. The summed E-state index contributed by atoms with van der Waals surface area (Å²) in [5.41, 5.74) is 0.629. The van der Waals surface area contributed by atoms with Crippen LogP contribution in [0.1, 0.15) is 24.1 Å². The second-order valence-corrected chi connectivity index (χ2v) is 6.69. The lowest BCUT2D eigenvalue weighted by atomic mass is 10.1. The maximum absolute atomic E-state index is 14.3. The Bertz CT molecular complexity index is 1090. The van der Waals surface area contributed by atoms with Gasteiger partial charge >= 0.3 is 5.69 Å². The van der Waals surface area contributed by atoms with Gasteiger partial charge in [0.05, 0.1) is 5.69 Å². The van der Waals surface area contributed by atoms with Crippen LogP contribution in [0.15, 0.2) is 64.2 Å². The number of benzene rings is 2. The third kappa shape index (κ3) is 3.06. The van der Waals surface area contributed by atoms with Crippen LogP contribution in [0.3, 0.4) is 0 Å². The Hall–Kier alpha value is -3.19. The standard InChI is InChI=1S/C20H19FN4O2/c1-13(14-7-3-2-4-8-14)24-11-15-18(22-12-24)25(20(27)23-19(15)26)17-10-6-5-9-16(17)21/h2-10,13,22H,11-12H2,1H3,(H,23,26,27)/p+1/t13-/m0/s1. The first-order chi connectivity index (χ1) is 13.1. The smallest absolute Gasteiger partial charge is 0.324 e. The number of halogens is 1. The molecule has 3 aromatic rings. The quantitative estimate of drug-likeness (QED) is 0.651. The molecule has 27 heavy (non-hydrogen) atoms. The molecule has 3 N–H and O–H groups in total. The molecule has 1 unspecified atom stereocenters. The fourth-order valence-electron chi connectivity index (χ4n) is 3.56. The number of quaternary nitrogens is 1. The van der Waals surface area contributed by atoms with E-state index < -0.39 is 17.1 Å². The van der Waals surface area contributed by atoms with E-state index in [1.54, 1.807) is 12.1 Å². The number of nitrogens with zero attached hydrogens (tertiary/aromatic N) is 1. The average Bonchev–Trinajstić information content (AvgIpc) is 2.69. The van der Waals surface area contributed by atoms with Crippen LogP contribution in [0.2, 0.25) is 0 Å². The third-order valence-corrected chi connectivity index (χ3v) is 5.10. The minimum atomic E-state index is -0.657. The molecule has 2 heterocycles. The summed E-state index contributed by atoms with van der Waals surface area (Å²) in [4.78, 5) is 28.3. The predicted molar refractivity (Wildman–Crippen MR) is 101 cm³/mol. The van der Waals surface area contributed by atoms with E-state index in [0.29, 0.717) is 24.6 Å². The Kier molecular flexibility index (Phi) is 4.37. The molecule has 4 rings (SSSR count). The summed E-state index contributed by atoms with van der Waals surface area (Å²) in [5, 5.41) is 3.18. The molecule has 0 spiro atoms. The zero-order chi connectivity index (χ0) is 19.0. The van der Waals surface area contributed by atoms with Crippen molar-refractivity contribution in [2.24, 2.45) is 0 Å². The van der Waals surface area contributed by atoms with E-state index in [1.165, 1.54) is 16.7 Å². The van der Waals surface area contributed by atoms with Gasteiger partial charge in [0.2, 0.25) is 0 Å². The number of hydrogen-bond acceptors (Lipinski definition) is 3. The van der Waals surface area contributed by atoms with Crippen LogP contribution in [0.5, 0.6) is 0 Å². The van der Waals surface area contributed by atoms with Crippen molar-refractivity contribution in [3.8, 4) is 5.69 Å². The highest BCUT2D eigenvalue weighted by Crippen LogP contribution is 2.19. The summed E-state index contributed by atoms with van der Waals surface area (Å²) in [6.07, 6.45) is 0. The molecule has 0 radical (unpaired) electrons. The van der Waals surface area contributed by atoms with Crippen molar-refractivity contribution in [1.29, 1.82) is 0 Å². The van der Waals surface area contributed by atoms with Gasteiger partial charge in [-0.15, -0.1) is 0 Å². The summed E-state index contributed by atoms with van der Waals surface area (Å²) < 4.78 is 15.5. The zero-order valence-corrected chi connectivity index (χ0v) is 14.8. The van der Waals surface area contributed by atoms with E-state index in [2.05, 4.69) is 29.4 Å². The van der Waals surface area contributed by atoms with E-state index in [-0.39, 0.29) is 11.7 Å². The van der Waals surface area contributed by atoms with Crippen molar-refractivity contribution in [2.75, 3.05) is 12.0 Å². The van der Waals surface area contributed by atoms with Gasteiger partial charge in [-0.05, 0) is 19.1 Å². The minimum absolute atomic E-state index is 0.113. The number of aromatic amines is 1. The maximum atomic E-state index is 14.3. The van der Waals surface area contributed by atoms with Crippen molar-refractivity contribution in [3.63, 3.8) is 0 Å². The zero-order valence-electron chi connectivity index (χ0n) is 14.8. The first-order valence-electron chi connectivity index (χ1n) is 8.82. The SMILES string of the molecule is C[C@@H](c1ccccc1)[NH+]1CNc2c(c(=O)[nH]c(=O)n2-c2ccccc2F)C1. The Balaban J connectivity index is 1.77. The number of H-pyrrole nitrogens is 1. The number of anilines is 1. The van der Waals surface area contributed by atoms with Gasteiger partial charge in [0.1, 0.15) is 29.8 Å². The average molecular weight is 367 g/mol. The van der Waals surface area contributed by atoms with Gasteiger partial charge in [0.25, 0.3) is 5.56 Å². The van der Waals surface area contributed by atoms with Crippen molar-refractivity contribution in [1.82, 2.24) is 9.55 Å². The highest BCUT2D eigenvalue weighted by atomic mass is 19.1. The predicted octanol–water partition coefficient (Wildman–Crippen LogP) is 1.19. The number of para-hydroxylation sites is 1. The van der Waals surface area contributed by atoms with Crippen molar-refractivity contribution in [3.05, 3.63) is 92.4 Å². The second-order valence-electron chi connectivity index (χ2n) is 6.69. The summed E-state index contributed by atoms with van der Waals surface area (Å²) >= 11 is 0. The highest BCUT2D eigenvalue weighted by molar-refractivity contribution is 5.51. The van der Waals surface area contributed by atoms with Gasteiger partial charge in [-0.25, -0.2) is 13.8 Å². The van der Waals surface area contributed by atoms with Crippen LogP contribution in [0, 0.1) is 5.82 Å². The van der Waals surface area contributed by atoms with Crippen molar-refractivity contribution >= 4 is 5.82 Å². The number of rotatable bonds is 3. The van der Waals surface area contributed by atoms with Crippen LogP contribution in [-0.4, -0.2) is 16.2 Å². The summed E-state index contributed by atoms with van der Waals surface area (Å²) in [7, 11) is 0. The van der Waals surface area contributed by atoms with Crippen LogP contribution < -0.4 is 21.5 Å². The largest absolute Gasteiger partial charge is 0.334 e. The molecule has 0 saturated heterocycles. The minimum Gasteiger partial charge on any atom is -0.324 e. The fraction of sp³-hybridized carbons (Fsp3) is 0.200. The molecule has 7 heteroatoms. The lowest BCUT2D eigenvalue weighted by Gasteiger charge is -2.32. The van der Waals surface area contributed by atoms with Gasteiger partial charge in [-0.1, -0.05) is 42.5 Å². The van der Waals surface area contributed by atoms with Gasteiger partial charge < -0.3 is 10.2 Å². The molecule has 6 nitrogen and oxygen atoms in total. The van der Waals surface area contributed by atoms with E-state index in [4.69, 9.17) is 0 Å². The molecule has 1 aliphatic rings. The molecule has 1 aromatic heterocycles. The number of fused-ring (bicyclic) bond motifs is 1. The number of aromatic nitrogens is 2. The molecule has 0 saturated carbocycles. The van der Waals surface area contributed by atoms with Gasteiger partial charge in [0.15, 0.2) is 6.67 Å². The Morgan fingerprint density at radius 3 is 2.52 bits per heavy atom. The van der Waals surface area contributed by atoms with Crippen LogP contribution in [0.4, 0.5) is 10.2 Å². The molecular weight excluding hydrogens is 347 g/mol. The molecule has 0 aliphatic carbocycles. The molecule has 0 amide bonds. The maximum Gasteiger partial charge on any atom is 0.334 e. The molecule has 0 fully saturated rings. The monoisotopic (exact) mass is 367 g/mol.